The summed E-state index contributed by atoms with van der Waals surface area (Å²) in [5.74, 6) is 0.258. The second-order valence-corrected chi connectivity index (χ2v) is 8.25. The van der Waals surface area contributed by atoms with Crippen LogP contribution in [-0.2, 0) is 16.0 Å². The van der Waals surface area contributed by atoms with Crippen molar-refractivity contribution in [2.24, 2.45) is 0 Å². The fraction of sp³-hybridized carbons (Fsp3) is 0.400. The first-order valence-electron chi connectivity index (χ1n) is 10.9. The van der Waals surface area contributed by atoms with Gasteiger partial charge in [0.1, 0.15) is 11.8 Å². The third-order valence-corrected chi connectivity index (χ3v) is 5.72. The summed E-state index contributed by atoms with van der Waals surface area (Å²) in [5.41, 5.74) is 2.76. The lowest BCUT2D eigenvalue weighted by Gasteiger charge is -2.33. The molecule has 1 heterocycles. The van der Waals surface area contributed by atoms with Gasteiger partial charge in [0.2, 0.25) is 11.8 Å². The van der Waals surface area contributed by atoms with Crippen molar-refractivity contribution >= 4 is 17.7 Å². The van der Waals surface area contributed by atoms with Crippen molar-refractivity contribution in [3.05, 3.63) is 65.2 Å². The minimum absolute atomic E-state index is 0.0204. The zero-order valence-electron chi connectivity index (χ0n) is 18.9. The molecule has 0 radical (unpaired) electrons. The smallest absolute Gasteiger partial charge is 0.253 e. The molecule has 32 heavy (non-hydrogen) atoms. The molecule has 7 heteroatoms. The molecule has 1 unspecified atom stereocenters. The van der Waals surface area contributed by atoms with Gasteiger partial charge in [-0.1, -0.05) is 29.8 Å². The van der Waals surface area contributed by atoms with Gasteiger partial charge in [0, 0.05) is 38.0 Å². The lowest BCUT2D eigenvalue weighted by Crippen LogP contribution is -2.53. The van der Waals surface area contributed by atoms with Crippen LogP contribution in [0.5, 0.6) is 5.75 Å². The first-order chi connectivity index (χ1) is 15.4. The van der Waals surface area contributed by atoms with E-state index in [9.17, 15) is 14.4 Å². The second-order valence-electron chi connectivity index (χ2n) is 8.25. The Morgan fingerprint density at radius 2 is 1.66 bits per heavy atom. The van der Waals surface area contributed by atoms with Crippen LogP contribution in [0, 0.1) is 6.92 Å². The number of piperidine rings is 1. The number of likely N-dealkylation sites (tertiary alicyclic amines) is 1. The summed E-state index contributed by atoms with van der Waals surface area (Å²) in [6.45, 7) is 4.56. The molecule has 1 saturated heterocycles. The summed E-state index contributed by atoms with van der Waals surface area (Å²) < 4.78 is 5.14. The van der Waals surface area contributed by atoms with Crippen molar-refractivity contribution in [3.63, 3.8) is 0 Å². The van der Waals surface area contributed by atoms with Gasteiger partial charge < -0.3 is 20.3 Å². The van der Waals surface area contributed by atoms with Crippen LogP contribution in [0.3, 0.4) is 0 Å². The molecule has 1 atom stereocenters. The van der Waals surface area contributed by atoms with Crippen LogP contribution < -0.4 is 15.4 Å². The zero-order chi connectivity index (χ0) is 23.1. The quantitative estimate of drug-likeness (QED) is 0.697. The Balaban J connectivity index is 1.54. The van der Waals surface area contributed by atoms with E-state index in [1.807, 2.05) is 36.1 Å². The van der Waals surface area contributed by atoms with Gasteiger partial charge in [-0.25, -0.2) is 0 Å². The Hall–Kier alpha value is -3.35. The van der Waals surface area contributed by atoms with Crippen LogP contribution in [0.15, 0.2) is 48.5 Å². The van der Waals surface area contributed by atoms with E-state index in [1.54, 1.807) is 31.4 Å². The Morgan fingerprint density at radius 1 is 1.03 bits per heavy atom. The zero-order valence-corrected chi connectivity index (χ0v) is 18.9. The van der Waals surface area contributed by atoms with Crippen LogP contribution in [0.4, 0.5) is 0 Å². The molecule has 1 fully saturated rings. The van der Waals surface area contributed by atoms with Gasteiger partial charge in [-0.05, 0) is 49.6 Å². The molecule has 2 N–H and O–H groups in total. The highest BCUT2D eigenvalue weighted by Crippen LogP contribution is 2.17. The molecule has 0 saturated carbocycles. The summed E-state index contributed by atoms with van der Waals surface area (Å²) in [7, 11) is 1.59. The van der Waals surface area contributed by atoms with E-state index < -0.39 is 6.04 Å². The van der Waals surface area contributed by atoms with Gasteiger partial charge in [-0.2, -0.15) is 0 Å². The van der Waals surface area contributed by atoms with Gasteiger partial charge in [0.05, 0.1) is 7.11 Å². The number of hydrogen-bond acceptors (Lipinski definition) is 4. The molecular weight excluding hydrogens is 406 g/mol. The number of ether oxygens (including phenoxy) is 1. The normalized spacial score (nSPS) is 15.0. The van der Waals surface area contributed by atoms with Gasteiger partial charge in [0.15, 0.2) is 0 Å². The Morgan fingerprint density at radius 3 is 2.22 bits per heavy atom. The summed E-state index contributed by atoms with van der Waals surface area (Å²) in [4.78, 5) is 39.1. The van der Waals surface area contributed by atoms with Gasteiger partial charge >= 0.3 is 0 Å². The van der Waals surface area contributed by atoms with E-state index in [-0.39, 0.29) is 23.8 Å². The van der Waals surface area contributed by atoms with Crippen molar-refractivity contribution in [1.82, 2.24) is 15.5 Å². The Kier molecular flexibility index (Phi) is 7.87. The fourth-order valence-corrected chi connectivity index (χ4v) is 3.86. The second kappa shape index (κ2) is 10.8. The molecule has 0 bridgehead atoms. The highest BCUT2D eigenvalue weighted by molar-refractivity contribution is 5.94. The van der Waals surface area contributed by atoms with Crippen molar-refractivity contribution in [2.45, 2.75) is 45.2 Å². The number of nitrogens with zero attached hydrogens (tertiary/aromatic N) is 1. The highest BCUT2D eigenvalue weighted by Gasteiger charge is 2.27. The van der Waals surface area contributed by atoms with Crippen LogP contribution in [-0.4, -0.2) is 54.9 Å². The third kappa shape index (κ3) is 6.33. The number of methoxy groups -OCH3 is 1. The summed E-state index contributed by atoms with van der Waals surface area (Å²) in [6.07, 6.45) is 1.77. The predicted octanol–water partition coefficient (Wildman–Crippen LogP) is 2.47. The lowest BCUT2D eigenvalue weighted by molar-refractivity contribution is -0.128. The molecular formula is C25H31N3O4. The van der Waals surface area contributed by atoms with E-state index in [4.69, 9.17) is 4.74 Å². The monoisotopic (exact) mass is 437 g/mol. The number of hydrogen-bond donors (Lipinski definition) is 2. The number of benzene rings is 2. The number of carbonyl (C=O) groups is 3. The van der Waals surface area contributed by atoms with Gasteiger partial charge in [-0.15, -0.1) is 0 Å². The number of carbonyl (C=O) groups excluding carboxylic acids is 3. The first kappa shape index (κ1) is 23.3. The molecule has 2 aromatic rings. The lowest BCUT2D eigenvalue weighted by atomic mass is 10.0. The average molecular weight is 438 g/mol. The molecule has 170 valence electrons. The number of amides is 3. The third-order valence-electron chi connectivity index (χ3n) is 5.72. The summed E-state index contributed by atoms with van der Waals surface area (Å²) in [5, 5.41) is 5.83. The molecule has 3 amide bonds. The Labute approximate surface area is 189 Å². The largest absolute Gasteiger partial charge is 0.497 e. The number of nitrogens with one attached hydrogen (secondary N) is 2. The molecule has 3 rings (SSSR count). The van der Waals surface area contributed by atoms with Crippen LogP contribution in [0.1, 0.15) is 41.3 Å². The fourth-order valence-electron chi connectivity index (χ4n) is 3.86. The number of aryl methyl sites for hydroxylation is 1. The number of rotatable bonds is 7. The summed E-state index contributed by atoms with van der Waals surface area (Å²) in [6, 6.07) is 14.3. The molecule has 2 aromatic carbocycles. The first-order valence-corrected chi connectivity index (χ1v) is 10.9. The van der Waals surface area contributed by atoms with Gasteiger partial charge in [-0.3, -0.25) is 14.4 Å². The Bertz CT molecular complexity index is 933. The van der Waals surface area contributed by atoms with Crippen molar-refractivity contribution < 1.29 is 19.1 Å². The minimum atomic E-state index is -0.630. The molecule has 1 aliphatic heterocycles. The van der Waals surface area contributed by atoms with Crippen molar-refractivity contribution in [1.29, 1.82) is 0 Å². The van der Waals surface area contributed by atoms with E-state index in [2.05, 4.69) is 10.6 Å². The molecule has 0 aromatic heterocycles. The average Bonchev–Trinajstić information content (AvgIpc) is 2.80. The van der Waals surface area contributed by atoms with E-state index >= 15 is 0 Å². The van der Waals surface area contributed by atoms with E-state index in [1.165, 1.54) is 6.92 Å². The predicted molar refractivity (Wildman–Crippen MR) is 123 cm³/mol. The maximum atomic E-state index is 12.9. The standard InChI is InChI=1S/C25H31N3O4/c1-17-4-6-19(7-5-17)16-23(26-18(2)29)24(30)27-21-12-14-28(15-13-21)25(31)20-8-10-22(32-3)11-9-20/h4-11,21,23H,12-16H2,1-3H3,(H,26,29)(H,27,30). The van der Waals surface area contributed by atoms with Crippen LogP contribution >= 0.6 is 0 Å². The molecule has 0 aliphatic carbocycles. The maximum Gasteiger partial charge on any atom is 0.253 e. The van der Waals surface area contributed by atoms with E-state index in [0.29, 0.717) is 43.7 Å². The SMILES string of the molecule is COc1ccc(C(=O)N2CCC(NC(=O)C(Cc3ccc(C)cc3)NC(C)=O)CC2)cc1. The topological polar surface area (TPSA) is 87.7 Å². The molecule has 0 spiro atoms. The van der Waals surface area contributed by atoms with E-state index in [0.717, 1.165) is 11.1 Å². The molecule has 1 aliphatic rings. The van der Waals surface area contributed by atoms with Crippen LogP contribution in [0.25, 0.3) is 0 Å². The van der Waals surface area contributed by atoms with Crippen molar-refractivity contribution in [2.75, 3.05) is 20.2 Å². The van der Waals surface area contributed by atoms with Gasteiger partial charge in [0.25, 0.3) is 5.91 Å². The van der Waals surface area contributed by atoms with Crippen molar-refractivity contribution in [3.8, 4) is 5.75 Å². The summed E-state index contributed by atoms with van der Waals surface area (Å²) >= 11 is 0. The minimum Gasteiger partial charge on any atom is -0.497 e. The maximum absolute atomic E-state index is 12.9. The molecule has 7 nitrogen and oxygen atoms in total. The highest BCUT2D eigenvalue weighted by atomic mass is 16.5. The van der Waals surface area contributed by atoms with Crippen LogP contribution in [0.2, 0.25) is 0 Å².